The number of carbonyl (C=O) groups excluding carboxylic acids is 2. The number of fused-ring (bicyclic) bond motifs is 1. The monoisotopic (exact) mass is 434 g/mol. The van der Waals surface area contributed by atoms with Crippen LogP contribution in [-0.2, 0) is 27.3 Å². The number of para-hydroxylation sites is 1. The molecule has 7 heteroatoms. The standard InChI is InChI=1S/C25H30N4O3/c1-18-21(22-5-3-4-6-23(22)28-18)13-15-26-17-20-9-7-19(8-10-20)11-12-24(30)29-27-16-14-25(31)32-2/h3-12,26-28H,13-17H2,1-2H3,(H,29,30). The van der Waals surface area contributed by atoms with Crippen LogP contribution in [0, 0.1) is 6.92 Å². The Labute approximate surface area is 188 Å². The maximum atomic E-state index is 11.8. The van der Waals surface area contributed by atoms with Crippen LogP contribution >= 0.6 is 0 Å². The first kappa shape index (κ1) is 23.2. The van der Waals surface area contributed by atoms with Gasteiger partial charge in [-0.1, -0.05) is 42.5 Å². The molecule has 0 aliphatic carbocycles. The van der Waals surface area contributed by atoms with Crippen molar-refractivity contribution in [2.75, 3.05) is 20.2 Å². The van der Waals surface area contributed by atoms with Crippen LogP contribution in [0.5, 0.6) is 0 Å². The Hall–Kier alpha value is -3.42. The Kier molecular flexibility index (Phi) is 8.60. The Morgan fingerprint density at radius 2 is 1.84 bits per heavy atom. The van der Waals surface area contributed by atoms with Crippen molar-refractivity contribution in [3.05, 3.63) is 77.0 Å². The number of methoxy groups -OCH3 is 1. The highest BCUT2D eigenvalue weighted by Gasteiger charge is 2.07. The van der Waals surface area contributed by atoms with Gasteiger partial charge in [0.25, 0.3) is 5.91 Å². The van der Waals surface area contributed by atoms with Crippen molar-refractivity contribution in [3.63, 3.8) is 0 Å². The Bertz CT molecular complexity index is 1070. The summed E-state index contributed by atoms with van der Waals surface area (Å²) in [5.74, 6) is -0.613. The molecular formula is C25H30N4O3. The maximum absolute atomic E-state index is 11.8. The van der Waals surface area contributed by atoms with Crippen molar-refractivity contribution >= 4 is 28.9 Å². The van der Waals surface area contributed by atoms with E-state index in [0.717, 1.165) is 25.1 Å². The molecule has 1 heterocycles. The molecule has 32 heavy (non-hydrogen) atoms. The van der Waals surface area contributed by atoms with Crippen LogP contribution < -0.4 is 16.2 Å². The fourth-order valence-electron chi connectivity index (χ4n) is 3.48. The molecule has 3 rings (SSSR count). The number of carbonyl (C=O) groups is 2. The Balaban J connectivity index is 1.39. The summed E-state index contributed by atoms with van der Waals surface area (Å²) in [4.78, 5) is 26.2. The summed E-state index contributed by atoms with van der Waals surface area (Å²) in [7, 11) is 1.33. The molecule has 0 unspecified atom stereocenters. The van der Waals surface area contributed by atoms with Crippen LogP contribution in [0.2, 0.25) is 0 Å². The minimum absolute atomic E-state index is 0.192. The lowest BCUT2D eigenvalue weighted by molar-refractivity contribution is -0.140. The molecule has 0 saturated heterocycles. The Morgan fingerprint density at radius 1 is 1.06 bits per heavy atom. The topological polar surface area (TPSA) is 95.2 Å². The SMILES string of the molecule is COC(=O)CCNNC(=O)C=Cc1ccc(CNCCc2c(C)[nH]c3ccccc23)cc1. The Morgan fingerprint density at radius 3 is 2.62 bits per heavy atom. The summed E-state index contributed by atoms with van der Waals surface area (Å²) in [6, 6.07) is 16.5. The van der Waals surface area contributed by atoms with Gasteiger partial charge in [-0.25, -0.2) is 5.43 Å². The molecule has 0 aliphatic rings. The second-order valence-electron chi connectivity index (χ2n) is 7.52. The van der Waals surface area contributed by atoms with Crippen LogP contribution in [-0.4, -0.2) is 37.1 Å². The number of hydrogen-bond donors (Lipinski definition) is 4. The lowest BCUT2D eigenvalue weighted by Gasteiger charge is -2.06. The molecule has 3 aromatic rings. The number of hydrazine groups is 1. The number of aromatic nitrogens is 1. The van der Waals surface area contributed by atoms with Gasteiger partial charge in [0.05, 0.1) is 13.5 Å². The van der Waals surface area contributed by atoms with Gasteiger partial charge in [-0.3, -0.25) is 15.0 Å². The lowest BCUT2D eigenvalue weighted by atomic mass is 10.1. The van der Waals surface area contributed by atoms with Crippen molar-refractivity contribution in [2.45, 2.75) is 26.3 Å². The number of esters is 1. The van der Waals surface area contributed by atoms with Gasteiger partial charge < -0.3 is 15.0 Å². The highest BCUT2D eigenvalue weighted by atomic mass is 16.5. The van der Waals surface area contributed by atoms with Crippen LogP contribution in [0.3, 0.4) is 0 Å². The molecule has 0 spiro atoms. The summed E-state index contributed by atoms with van der Waals surface area (Å²) in [5.41, 5.74) is 11.1. The third-order valence-corrected chi connectivity index (χ3v) is 5.21. The zero-order valence-electron chi connectivity index (χ0n) is 18.5. The molecule has 0 bridgehead atoms. The molecule has 1 amide bonds. The predicted molar refractivity (Wildman–Crippen MR) is 127 cm³/mol. The van der Waals surface area contributed by atoms with E-state index in [2.05, 4.69) is 69.2 Å². The first-order chi connectivity index (χ1) is 15.6. The van der Waals surface area contributed by atoms with Gasteiger partial charge in [0.1, 0.15) is 0 Å². The fraction of sp³-hybridized carbons (Fsp3) is 0.280. The number of nitrogens with one attached hydrogen (secondary N) is 4. The van der Waals surface area contributed by atoms with Gasteiger partial charge >= 0.3 is 5.97 Å². The summed E-state index contributed by atoms with van der Waals surface area (Å²) >= 11 is 0. The molecule has 4 N–H and O–H groups in total. The minimum atomic E-state index is -0.329. The van der Waals surface area contributed by atoms with Crippen molar-refractivity contribution < 1.29 is 14.3 Å². The average molecular weight is 435 g/mol. The zero-order chi connectivity index (χ0) is 22.8. The van der Waals surface area contributed by atoms with Crippen molar-refractivity contribution in [3.8, 4) is 0 Å². The van der Waals surface area contributed by atoms with Crippen LogP contribution in [0.1, 0.15) is 28.8 Å². The van der Waals surface area contributed by atoms with E-state index in [0.29, 0.717) is 6.54 Å². The second-order valence-corrected chi connectivity index (χ2v) is 7.52. The molecule has 0 aliphatic heterocycles. The molecule has 0 atom stereocenters. The molecule has 0 saturated carbocycles. The van der Waals surface area contributed by atoms with E-state index in [9.17, 15) is 9.59 Å². The normalized spacial score (nSPS) is 11.2. The van der Waals surface area contributed by atoms with E-state index in [1.165, 1.54) is 40.9 Å². The molecule has 7 nitrogen and oxygen atoms in total. The average Bonchev–Trinajstić information content (AvgIpc) is 3.13. The molecule has 0 fully saturated rings. The number of aryl methyl sites for hydroxylation is 1. The molecule has 0 radical (unpaired) electrons. The first-order valence-electron chi connectivity index (χ1n) is 10.7. The van der Waals surface area contributed by atoms with Gasteiger partial charge in [-0.2, -0.15) is 0 Å². The number of hydrogen-bond acceptors (Lipinski definition) is 5. The van der Waals surface area contributed by atoms with Crippen molar-refractivity contribution in [1.29, 1.82) is 0 Å². The van der Waals surface area contributed by atoms with E-state index in [1.54, 1.807) is 6.08 Å². The molecule has 1 aromatic heterocycles. The van der Waals surface area contributed by atoms with Gasteiger partial charge in [0.15, 0.2) is 0 Å². The van der Waals surface area contributed by atoms with Crippen LogP contribution in [0.25, 0.3) is 17.0 Å². The van der Waals surface area contributed by atoms with E-state index in [-0.39, 0.29) is 18.3 Å². The molecular weight excluding hydrogens is 404 g/mol. The summed E-state index contributed by atoms with van der Waals surface area (Å²) in [6.45, 7) is 4.12. The number of benzene rings is 2. The summed E-state index contributed by atoms with van der Waals surface area (Å²) < 4.78 is 4.53. The first-order valence-corrected chi connectivity index (χ1v) is 10.7. The molecule has 2 aromatic carbocycles. The predicted octanol–water partition coefficient (Wildman–Crippen LogP) is 3.01. The maximum Gasteiger partial charge on any atom is 0.306 e. The fourth-order valence-corrected chi connectivity index (χ4v) is 3.48. The number of aromatic amines is 1. The number of ether oxygens (including phenoxy) is 1. The second kappa shape index (κ2) is 11.8. The lowest BCUT2D eigenvalue weighted by Crippen LogP contribution is -2.37. The third kappa shape index (κ3) is 6.80. The van der Waals surface area contributed by atoms with Crippen LogP contribution in [0.4, 0.5) is 0 Å². The number of amides is 1. The smallest absolute Gasteiger partial charge is 0.306 e. The van der Waals surface area contributed by atoms with E-state index < -0.39 is 0 Å². The molecule has 168 valence electrons. The summed E-state index contributed by atoms with van der Waals surface area (Å²) in [6.07, 6.45) is 4.35. The highest BCUT2D eigenvalue weighted by Crippen LogP contribution is 2.21. The van der Waals surface area contributed by atoms with E-state index >= 15 is 0 Å². The minimum Gasteiger partial charge on any atom is -0.469 e. The quantitative estimate of drug-likeness (QED) is 0.161. The van der Waals surface area contributed by atoms with Gasteiger partial charge in [-0.15, -0.1) is 0 Å². The van der Waals surface area contributed by atoms with Crippen molar-refractivity contribution in [2.24, 2.45) is 0 Å². The van der Waals surface area contributed by atoms with E-state index in [1.807, 2.05) is 12.1 Å². The largest absolute Gasteiger partial charge is 0.469 e. The zero-order valence-corrected chi connectivity index (χ0v) is 18.5. The van der Waals surface area contributed by atoms with Gasteiger partial charge in [0.2, 0.25) is 0 Å². The van der Waals surface area contributed by atoms with E-state index in [4.69, 9.17) is 0 Å². The highest BCUT2D eigenvalue weighted by molar-refractivity contribution is 5.91. The third-order valence-electron chi connectivity index (χ3n) is 5.21. The van der Waals surface area contributed by atoms with Crippen molar-refractivity contribution in [1.82, 2.24) is 21.2 Å². The number of rotatable bonds is 11. The number of H-pyrrole nitrogens is 1. The van der Waals surface area contributed by atoms with Crippen LogP contribution in [0.15, 0.2) is 54.6 Å². The van der Waals surface area contributed by atoms with Gasteiger partial charge in [0, 0.05) is 35.8 Å². The van der Waals surface area contributed by atoms with Gasteiger partial charge in [-0.05, 0) is 48.7 Å². The summed E-state index contributed by atoms with van der Waals surface area (Å²) in [5, 5.41) is 4.80.